The number of alkyl halides is 3. The SMILES string of the molecule is O=C(ON1CC[C@@H](C(F)(F)F)C[C@H]1C(=O)O)c1ccccc1. The van der Waals surface area contributed by atoms with E-state index >= 15 is 0 Å². The highest BCUT2D eigenvalue weighted by atomic mass is 19.4. The van der Waals surface area contributed by atoms with Crippen LogP contribution >= 0.6 is 0 Å². The summed E-state index contributed by atoms with van der Waals surface area (Å²) in [5.41, 5.74) is 0.199. The van der Waals surface area contributed by atoms with E-state index in [-0.39, 0.29) is 18.5 Å². The number of hydrogen-bond acceptors (Lipinski definition) is 4. The Morgan fingerprint density at radius 2 is 1.86 bits per heavy atom. The van der Waals surface area contributed by atoms with Gasteiger partial charge in [-0.1, -0.05) is 18.2 Å². The summed E-state index contributed by atoms with van der Waals surface area (Å²) >= 11 is 0. The summed E-state index contributed by atoms with van der Waals surface area (Å²) < 4.78 is 38.1. The summed E-state index contributed by atoms with van der Waals surface area (Å²) in [5.74, 6) is -3.95. The Hall–Kier alpha value is -2.09. The van der Waals surface area contributed by atoms with Crippen LogP contribution in [0.1, 0.15) is 23.2 Å². The zero-order valence-electron chi connectivity index (χ0n) is 11.4. The van der Waals surface area contributed by atoms with Gasteiger partial charge in [0.15, 0.2) is 0 Å². The van der Waals surface area contributed by atoms with E-state index in [4.69, 9.17) is 9.94 Å². The number of rotatable bonds is 3. The summed E-state index contributed by atoms with van der Waals surface area (Å²) in [4.78, 5) is 28.0. The molecule has 8 heteroatoms. The summed E-state index contributed by atoms with van der Waals surface area (Å²) in [7, 11) is 0. The van der Waals surface area contributed by atoms with Crippen molar-refractivity contribution in [3.8, 4) is 0 Å². The molecule has 1 aromatic carbocycles. The van der Waals surface area contributed by atoms with Gasteiger partial charge in [0.2, 0.25) is 0 Å². The number of carboxylic acids is 1. The molecule has 0 radical (unpaired) electrons. The average molecular weight is 317 g/mol. The van der Waals surface area contributed by atoms with Crippen LogP contribution in [0.5, 0.6) is 0 Å². The second-order valence-electron chi connectivity index (χ2n) is 5.00. The van der Waals surface area contributed by atoms with Gasteiger partial charge in [-0.2, -0.15) is 13.2 Å². The van der Waals surface area contributed by atoms with E-state index < -0.39 is 36.5 Å². The molecule has 1 N–H and O–H groups in total. The highest BCUT2D eigenvalue weighted by Gasteiger charge is 2.47. The van der Waals surface area contributed by atoms with Crippen LogP contribution in [0.3, 0.4) is 0 Å². The van der Waals surface area contributed by atoms with E-state index in [1.165, 1.54) is 12.1 Å². The van der Waals surface area contributed by atoms with Gasteiger partial charge in [0, 0.05) is 6.54 Å². The number of hydroxylamine groups is 2. The van der Waals surface area contributed by atoms with Crippen molar-refractivity contribution in [3.05, 3.63) is 35.9 Å². The minimum absolute atomic E-state index is 0.199. The summed E-state index contributed by atoms with van der Waals surface area (Å²) in [5, 5.41) is 9.89. The van der Waals surface area contributed by atoms with Crippen molar-refractivity contribution in [2.24, 2.45) is 5.92 Å². The van der Waals surface area contributed by atoms with Crippen LogP contribution in [-0.4, -0.2) is 40.9 Å². The number of carboxylic acid groups (broad SMARTS) is 1. The molecule has 1 aromatic rings. The lowest BCUT2D eigenvalue weighted by atomic mass is 9.91. The van der Waals surface area contributed by atoms with Crippen LogP contribution in [0.4, 0.5) is 13.2 Å². The predicted molar refractivity (Wildman–Crippen MR) is 68.8 cm³/mol. The summed E-state index contributed by atoms with van der Waals surface area (Å²) in [6, 6.07) is 6.32. The Morgan fingerprint density at radius 1 is 1.23 bits per heavy atom. The van der Waals surface area contributed by atoms with Gasteiger partial charge in [0.1, 0.15) is 6.04 Å². The fourth-order valence-electron chi connectivity index (χ4n) is 2.31. The first-order valence-electron chi connectivity index (χ1n) is 6.62. The molecule has 0 amide bonds. The first-order valence-corrected chi connectivity index (χ1v) is 6.62. The lowest BCUT2D eigenvalue weighted by molar-refractivity contribution is -0.223. The molecule has 1 fully saturated rings. The fourth-order valence-corrected chi connectivity index (χ4v) is 2.31. The van der Waals surface area contributed by atoms with Crippen LogP contribution in [0.2, 0.25) is 0 Å². The van der Waals surface area contributed by atoms with Crippen LogP contribution in [0, 0.1) is 5.92 Å². The minimum Gasteiger partial charge on any atom is -0.480 e. The Bertz CT molecular complexity index is 547. The number of piperidine rings is 1. The van der Waals surface area contributed by atoms with Crippen molar-refractivity contribution in [2.45, 2.75) is 25.1 Å². The van der Waals surface area contributed by atoms with E-state index in [1.54, 1.807) is 18.2 Å². The topological polar surface area (TPSA) is 66.8 Å². The maximum absolute atomic E-state index is 12.7. The molecule has 1 aliphatic rings. The van der Waals surface area contributed by atoms with Crippen molar-refractivity contribution < 1.29 is 32.7 Å². The van der Waals surface area contributed by atoms with E-state index in [9.17, 15) is 22.8 Å². The Kier molecular flexibility index (Phi) is 4.70. The summed E-state index contributed by atoms with van der Waals surface area (Å²) in [6.07, 6.45) is -5.40. The lowest BCUT2D eigenvalue weighted by Crippen LogP contribution is -2.50. The first kappa shape index (κ1) is 16.3. The molecular formula is C14H14F3NO4. The third kappa shape index (κ3) is 3.76. The second kappa shape index (κ2) is 6.35. The molecule has 5 nitrogen and oxygen atoms in total. The maximum atomic E-state index is 12.7. The molecule has 0 bridgehead atoms. The van der Waals surface area contributed by atoms with Crippen molar-refractivity contribution >= 4 is 11.9 Å². The lowest BCUT2D eigenvalue weighted by Gasteiger charge is -2.35. The van der Waals surface area contributed by atoms with E-state index in [0.29, 0.717) is 0 Å². The van der Waals surface area contributed by atoms with Gasteiger partial charge < -0.3 is 9.94 Å². The Balaban J connectivity index is 2.07. The second-order valence-corrected chi connectivity index (χ2v) is 5.00. The number of nitrogens with zero attached hydrogens (tertiary/aromatic N) is 1. The van der Waals surface area contributed by atoms with Gasteiger partial charge >= 0.3 is 18.1 Å². The molecule has 1 saturated heterocycles. The monoisotopic (exact) mass is 317 g/mol. The number of carbonyl (C=O) groups is 2. The number of hydrogen-bond donors (Lipinski definition) is 1. The van der Waals surface area contributed by atoms with Gasteiger partial charge in [-0.25, -0.2) is 4.79 Å². The fraction of sp³-hybridized carbons (Fsp3) is 0.429. The molecule has 1 heterocycles. The van der Waals surface area contributed by atoms with Crippen LogP contribution < -0.4 is 0 Å². The smallest absolute Gasteiger partial charge is 0.391 e. The summed E-state index contributed by atoms with van der Waals surface area (Å²) in [6.45, 7) is -0.278. The predicted octanol–water partition coefficient (Wildman–Crippen LogP) is 2.49. The third-order valence-corrected chi connectivity index (χ3v) is 3.51. The number of carbonyl (C=O) groups excluding carboxylic acids is 1. The molecule has 120 valence electrons. The van der Waals surface area contributed by atoms with Crippen molar-refractivity contribution in [3.63, 3.8) is 0 Å². The minimum atomic E-state index is -4.46. The zero-order chi connectivity index (χ0) is 16.3. The Labute approximate surface area is 124 Å². The van der Waals surface area contributed by atoms with Crippen molar-refractivity contribution in [1.82, 2.24) is 5.06 Å². The standard InChI is InChI=1S/C14H14F3NO4/c15-14(16,17)10-6-7-18(11(8-10)12(19)20)22-13(21)9-4-2-1-3-5-9/h1-5,10-11H,6-8H2,(H,19,20)/t10-,11+/m1/s1. The number of benzene rings is 1. The average Bonchev–Trinajstić information content (AvgIpc) is 2.47. The number of halogens is 3. The van der Waals surface area contributed by atoms with Crippen molar-refractivity contribution in [1.29, 1.82) is 0 Å². The van der Waals surface area contributed by atoms with Gasteiger partial charge in [-0.3, -0.25) is 4.79 Å². The largest absolute Gasteiger partial charge is 0.480 e. The molecule has 0 unspecified atom stereocenters. The van der Waals surface area contributed by atoms with E-state index in [1.807, 2.05) is 0 Å². The maximum Gasteiger partial charge on any atom is 0.391 e. The molecule has 2 atom stereocenters. The van der Waals surface area contributed by atoms with Crippen LogP contribution in [0.25, 0.3) is 0 Å². The molecule has 0 aliphatic carbocycles. The molecule has 22 heavy (non-hydrogen) atoms. The van der Waals surface area contributed by atoms with Gasteiger partial charge in [-0.15, -0.1) is 5.06 Å². The zero-order valence-corrected chi connectivity index (χ0v) is 11.4. The van der Waals surface area contributed by atoms with Gasteiger partial charge in [-0.05, 0) is 25.0 Å². The normalized spacial score (nSPS) is 23.0. The Morgan fingerprint density at radius 3 is 2.41 bits per heavy atom. The van der Waals surface area contributed by atoms with Crippen LogP contribution in [0.15, 0.2) is 30.3 Å². The number of aliphatic carboxylic acids is 1. The molecule has 0 aromatic heterocycles. The quantitative estimate of drug-likeness (QED) is 0.928. The van der Waals surface area contributed by atoms with E-state index in [0.717, 1.165) is 5.06 Å². The van der Waals surface area contributed by atoms with Gasteiger partial charge in [0.05, 0.1) is 11.5 Å². The van der Waals surface area contributed by atoms with Crippen molar-refractivity contribution in [2.75, 3.05) is 6.54 Å². The highest BCUT2D eigenvalue weighted by Crippen LogP contribution is 2.36. The molecule has 1 aliphatic heterocycles. The van der Waals surface area contributed by atoms with E-state index in [2.05, 4.69) is 0 Å². The molecule has 0 spiro atoms. The third-order valence-electron chi connectivity index (χ3n) is 3.51. The molecular weight excluding hydrogens is 303 g/mol. The van der Waals surface area contributed by atoms with Crippen LogP contribution in [-0.2, 0) is 9.63 Å². The molecule has 2 rings (SSSR count). The highest BCUT2D eigenvalue weighted by molar-refractivity contribution is 5.89. The first-order chi connectivity index (χ1) is 10.3. The molecule has 0 saturated carbocycles. The van der Waals surface area contributed by atoms with Gasteiger partial charge in [0.25, 0.3) is 0 Å².